The van der Waals surface area contributed by atoms with Crippen LogP contribution in [0.5, 0.6) is 0 Å². The maximum Gasteiger partial charge on any atom is 0.127 e. The fraction of sp³-hybridized carbons (Fsp3) is 0.333. The number of nitrogens with one attached hydrogen (secondary N) is 1. The highest BCUT2D eigenvalue weighted by molar-refractivity contribution is 6.06. The molecule has 1 aliphatic rings. The zero-order valence-electron chi connectivity index (χ0n) is 9.49. The van der Waals surface area contributed by atoms with Gasteiger partial charge in [0.05, 0.1) is 0 Å². The normalized spacial score (nSPS) is 23.3. The molecule has 0 aromatic carbocycles. The maximum absolute atomic E-state index is 4.43. The van der Waals surface area contributed by atoms with E-state index >= 15 is 0 Å². The summed E-state index contributed by atoms with van der Waals surface area (Å²) in [4.78, 5) is 8.62. The minimum absolute atomic E-state index is 0.350. The van der Waals surface area contributed by atoms with Gasteiger partial charge < -0.3 is 5.32 Å². The predicted octanol–water partition coefficient (Wildman–Crippen LogP) is 2.30. The summed E-state index contributed by atoms with van der Waals surface area (Å²) in [7, 11) is 1.79. The van der Waals surface area contributed by atoms with Gasteiger partial charge in [0.1, 0.15) is 11.7 Å². The molecule has 0 saturated carbocycles. The molecule has 3 heteroatoms. The van der Waals surface area contributed by atoms with Crippen LogP contribution >= 0.6 is 0 Å². The molecule has 80 valence electrons. The van der Waals surface area contributed by atoms with Gasteiger partial charge in [0.25, 0.3) is 0 Å². The van der Waals surface area contributed by atoms with Crippen molar-refractivity contribution >= 4 is 11.5 Å². The van der Waals surface area contributed by atoms with Crippen LogP contribution in [0.25, 0.3) is 0 Å². The molecule has 1 N–H and O–H groups in total. The summed E-state index contributed by atoms with van der Waals surface area (Å²) in [5, 5.41) is 2.86. The van der Waals surface area contributed by atoms with Crippen LogP contribution in [-0.4, -0.2) is 18.6 Å². The van der Waals surface area contributed by atoms with Gasteiger partial charge in [0, 0.05) is 18.7 Å². The number of allylic oxidation sites excluding steroid dienone is 4. The Hall–Kier alpha value is -1.64. The van der Waals surface area contributed by atoms with Crippen LogP contribution in [0.4, 0.5) is 0 Å². The van der Waals surface area contributed by atoms with Crippen LogP contribution in [0.2, 0.25) is 0 Å². The molecule has 0 bridgehead atoms. The molecule has 0 heterocycles. The third-order valence-electron chi connectivity index (χ3n) is 2.12. The number of nitrogens with zero attached hydrogens (tertiary/aromatic N) is 2. The molecule has 1 aliphatic carbocycles. The minimum atomic E-state index is 0.350. The average molecular weight is 203 g/mol. The zero-order chi connectivity index (χ0) is 11.3. The van der Waals surface area contributed by atoms with E-state index in [0.29, 0.717) is 11.7 Å². The summed E-state index contributed by atoms with van der Waals surface area (Å²) in [5.74, 6) is 1.69. The van der Waals surface area contributed by atoms with Gasteiger partial charge in [-0.3, -0.25) is 0 Å². The number of hydrogen-bond acceptors (Lipinski definition) is 2. The fourth-order valence-electron chi connectivity index (χ4n) is 1.24. The van der Waals surface area contributed by atoms with Crippen molar-refractivity contribution in [2.75, 3.05) is 7.05 Å². The van der Waals surface area contributed by atoms with Crippen molar-refractivity contribution in [3.05, 3.63) is 36.7 Å². The molecule has 0 radical (unpaired) electrons. The second-order valence-electron chi connectivity index (χ2n) is 3.43. The molecule has 0 amide bonds. The summed E-state index contributed by atoms with van der Waals surface area (Å²) in [6, 6.07) is 0. The first-order chi connectivity index (χ1) is 7.13. The van der Waals surface area contributed by atoms with Crippen molar-refractivity contribution < 1.29 is 0 Å². The van der Waals surface area contributed by atoms with Crippen LogP contribution in [0.1, 0.15) is 13.8 Å². The van der Waals surface area contributed by atoms with Gasteiger partial charge in [0.2, 0.25) is 0 Å². The molecule has 1 rings (SSSR count). The van der Waals surface area contributed by atoms with Gasteiger partial charge in [-0.15, -0.1) is 0 Å². The van der Waals surface area contributed by atoms with Crippen molar-refractivity contribution in [2.24, 2.45) is 15.9 Å². The molecule has 1 atom stereocenters. The van der Waals surface area contributed by atoms with Gasteiger partial charge in [-0.2, -0.15) is 0 Å². The smallest absolute Gasteiger partial charge is 0.127 e. The summed E-state index contributed by atoms with van der Waals surface area (Å²) < 4.78 is 0. The lowest BCUT2D eigenvalue weighted by Gasteiger charge is -2.09. The fourth-order valence-corrected chi connectivity index (χ4v) is 1.24. The first kappa shape index (κ1) is 11.4. The quantitative estimate of drug-likeness (QED) is 0.542. The van der Waals surface area contributed by atoms with Crippen molar-refractivity contribution in [1.29, 1.82) is 0 Å². The first-order valence-electron chi connectivity index (χ1n) is 4.99. The lowest BCUT2D eigenvalue weighted by molar-refractivity contribution is 0.967. The molecule has 0 saturated heterocycles. The second-order valence-corrected chi connectivity index (χ2v) is 3.43. The van der Waals surface area contributed by atoms with E-state index in [4.69, 9.17) is 0 Å². The van der Waals surface area contributed by atoms with Crippen molar-refractivity contribution in [2.45, 2.75) is 13.8 Å². The highest BCUT2D eigenvalue weighted by atomic mass is 15.0. The SMILES string of the molecule is C=C(/N=C(/C)N=C1C=CC=CC1C)NC. The molecule has 3 nitrogen and oxygen atoms in total. The van der Waals surface area contributed by atoms with E-state index in [1.165, 1.54) is 0 Å². The van der Waals surface area contributed by atoms with Gasteiger partial charge in [-0.25, -0.2) is 9.98 Å². The van der Waals surface area contributed by atoms with E-state index in [1.54, 1.807) is 7.05 Å². The molecule has 0 spiro atoms. The molecule has 1 unspecified atom stereocenters. The Morgan fingerprint density at radius 3 is 2.80 bits per heavy atom. The Kier molecular flexibility index (Phi) is 4.03. The Morgan fingerprint density at radius 2 is 2.20 bits per heavy atom. The van der Waals surface area contributed by atoms with E-state index in [0.717, 1.165) is 11.5 Å². The average Bonchev–Trinajstić information content (AvgIpc) is 2.21. The molecule has 0 aromatic rings. The predicted molar refractivity (Wildman–Crippen MR) is 66.2 cm³/mol. The molecular formula is C12H17N3. The summed E-state index contributed by atoms with van der Waals surface area (Å²) in [5.41, 5.74) is 1.03. The van der Waals surface area contributed by atoms with E-state index in [2.05, 4.69) is 34.9 Å². The van der Waals surface area contributed by atoms with E-state index in [1.807, 2.05) is 25.2 Å². The zero-order valence-corrected chi connectivity index (χ0v) is 9.49. The lowest BCUT2D eigenvalue weighted by atomic mass is 10.0. The molecule has 0 fully saturated rings. The Balaban J connectivity index is 2.79. The van der Waals surface area contributed by atoms with Crippen LogP contribution in [-0.2, 0) is 0 Å². The van der Waals surface area contributed by atoms with Crippen LogP contribution in [0.3, 0.4) is 0 Å². The number of rotatable bonds is 2. The Bertz CT molecular complexity index is 359. The molecule has 15 heavy (non-hydrogen) atoms. The van der Waals surface area contributed by atoms with Gasteiger partial charge in [0.15, 0.2) is 0 Å². The minimum Gasteiger partial charge on any atom is -0.374 e. The summed E-state index contributed by atoms with van der Waals surface area (Å²) in [6.07, 6.45) is 8.13. The van der Waals surface area contributed by atoms with E-state index in [9.17, 15) is 0 Å². The Labute approximate surface area is 91.0 Å². The Morgan fingerprint density at radius 1 is 1.47 bits per heavy atom. The molecule has 0 aliphatic heterocycles. The van der Waals surface area contributed by atoms with Crippen molar-refractivity contribution in [3.8, 4) is 0 Å². The number of hydrogen-bond donors (Lipinski definition) is 1. The third-order valence-corrected chi connectivity index (χ3v) is 2.12. The first-order valence-corrected chi connectivity index (χ1v) is 4.99. The monoisotopic (exact) mass is 203 g/mol. The van der Waals surface area contributed by atoms with Gasteiger partial charge in [-0.1, -0.05) is 31.7 Å². The van der Waals surface area contributed by atoms with Gasteiger partial charge in [-0.05, 0) is 13.0 Å². The summed E-state index contributed by atoms with van der Waals surface area (Å²) >= 11 is 0. The summed E-state index contributed by atoms with van der Waals surface area (Å²) in [6.45, 7) is 7.70. The van der Waals surface area contributed by atoms with Gasteiger partial charge >= 0.3 is 0 Å². The maximum atomic E-state index is 4.43. The van der Waals surface area contributed by atoms with Crippen molar-refractivity contribution in [1.82, 2.24) is 5.32 Å². The largest absolute Gasteiger partial charge is 0.374 e. The lowest BCUT2D eigenvalue weighted by Crippen LogP contribution is -2.10. The van der Waals surface area contributed by atoms with Crippen LogP contribution in [0, 0.1) is 5.92 Å². The van der Waals surface area contributed by atoms with Crippen LogP contribution in [0.15, 0.2) is 46.7 Å². The van der Waals surface area contributed by atoms with E-state index in [-0.39, 0.29) is 0 Å². The standard InChI is InChI=1S/C12H17N3/c1-9-7-5-6-8-12(9)15-11(3)14-10(2)13-4/h5-9,13H,2H2,1,3-4H3/b14-11-,15-12?. The van der Waals surface area contributed by atoms with Crippen molar-refractivity contribution in [3.63, 3.8) is 0 Å². The number of aliphatic imine (C=N–C) groups is 2. The van der Waals surface area contributed by atoms with E-state index < -0.39 is 0 Å². The highest BCUT2D eigenvalue weighted by Crippen LogP contribution is 2.08. The van der Waals surface area contributed by atoms with Crippen LogP contribution < -0.4 is 5.32 Å². The second kappa shape index (κ2) is 5.29. The molecular weight excluding hydrogens is 186 g/mol. The highest BCUT2D eigenvalue weighted by Gasteiger charge is 2.06. The third kappa shape index (κ3) is 3.54. The topological polar surface area (TPSA) is 36.8 Å². The molecule has 0 aromatic heterocycles. The number of amidine groups is 1.